The summed E-state index contributed by atoms with van der Waals surface area (Å²) in [5, 5.41) is 36.6. The molecule has 2 aromatic carbocycles. The summed E-state index contributed by atoms with van der Waals surface area (Å²) in [5.74, 6) is -3.71. The summed E-state index contributed by atoms with van der Waals surface area (Å²) in [7, 11) is 0.746. The van der Waals surface area contributed by atoms with Crippen molar-refractivity contribution in [3.05, 3.63) is 81.4 Å². The number of carboxylic acids is 2. The van der Waals surface area contributed by atoms with Crippen LogP contribution in [0.1, 0.15) is 72.5 Å². The molecule has 5 rings (SSSR count). The van der Waals surface area contributed by atoms with Gasteiger partial charge in [-0.15, -0.1) is 0 Å². The molecular weight excluding hydrogens is 1300 g/mol. The van der Waals surface area contributed by atoms with Gasteiger partial charge in [0.1, 0.15) is 23.4 Å². The maximum atomic E-state index is 13.7. The summed E-state index contributed by atoms with van der Waals surface area (Å²) in [5.41, 5.74) is 1.09. The van der Waals surface area contributed by atoms with Gasteiger partial charge in [-0.25, -0.2) is 13.4 Å². The number of aryl methyl sites for hydroxylation is 3. The van der Waals surface area contributed by atoms with E-state index >= 15 is 0 Å². The number of methoxy groups -OCH3 is 1. The maximum absolute atomic E-state index is 13.7. The van der Waals surface area contributed by atoms with Crippen LogP contribution in [0.25, 0.3) is 10.9 Å². The first-order valence-electron chi connectivity index (χ1n) is 32.5. The molecule has 0 radical (unpaired) electrons. The molecule has 1 aliphatic rings. The number of benzene rings is 2. The van der Waals surface area contributed by atoms with Gasteiger partial charge in [-0.05, 0) is 94.1 Å². The number of nitrogens with zero attached hydrogens (tertiary/aromatic N) is 6. The largest absolute Gasteiger partial charge is 0.494 e. The Morgan fingerprint density at radius 2 is 1.30 bits per heavy atom. The number of fused-ring (bicyclic) bond motifs is 1. The number of imidazole rings is 1. The number of likely N-dealkylation sites (N-methyl/N-ethyl adjacent to an activating group) is 2. The Labute approximate surface area is 570 Å². The molecule has 544 valence electrons. The van der Waals surface area contributed by atoms with Crippen molar-refractivity contribution >= 4 is 74.5 Å². The Morgan fingerprint density at radius 3 is 1.91 bits per heavy atom. The number of anilines is 1. The van der Waals surface area contributed by atoms with Crippen LogP contribution in [-0.4, -0.2) is 278 Å². The van der Waals surface area contributed by atoms with Gasteiger partial charge in [-0.3, -0.25) is 48.2 Å². The lowest BCUT2D eigenvalue weighted by atomic mass is 10.1. The average Bonchev–Trinajstić information content (AvgIpc) is 0.804. The number of H-pyrrole nitrogens is 1. The van der Waals surface area contributed by atoms with E-state index in [0.29, 0.717) is 142 Å². The summed E-state index contributed by atoms with van der Waals surface area (Å²) >= 11 is 0. The maximum Gasteiger partial charge on any atom is 0.373 e. The molecule has 33 nitrogen and oxygen atoms in total. The summed E-state index contributed by atoms with van der Waals surface area (Å²) in [6.45, 7) is 14.2. The van der Waals surface area contributed by atoms with Gasteiger partial charge in [0.25, 0.3) is 5.91 Å². The molecule has 1 fully saturated rings. The molecule has 1 aliphatic heterocycles. The standard InChI is InChI=1S/C63H98N14O17S.CO2/c1-7-75-23-21-73(4)22-24-77(44-57(81)82)28-27-76(26-25-75)43-56(80)71-51(14-15-55(79)65-20-32-90-6)61(85)66-17-10-30-92-34-36-93-35-33-91-29-9-16-64-54(78)11-8-31-94-48-37-45(2)59(46(3)38-48)95(88,89)72-52(62(86)87)41-69-60(84)50-42-74(5)53-39-47(12-13-49(53)58(50)83)40-70-63-67-18-19-68-63;2-1-3/h12-13,18-19,37-39,42,51-52,72H,7-11,14-17,20-36,40-41,43-44H2,1-6H3,(H,64,78)(H,65,79)(H,66,85)(H,69,84)(H,71,80)(H,81,82)(H,86,87)(H2,67,68,70);/t51-,52?;/m1./s1. The monoisotopic (exact) mass is 1400 g/mol. The highest BCUT2D eigenvalue weighted by Crippen LogP contribution is 2.26. The number of carboxylic acid groups (broad SMARTS) is 2. The second kappa shape index (κ2) is 45.3. The van der Waals surface area contributed by atoms with E-state index in [4.69, 9.17) is 33.3 Å². The molecule has 0 spiro atoms. The van der Waals surface area contributed by atoms with Crippen molar-refractivity contribution in [2.24, 2.45) is 7.05 Å². The zero-order valence-electron chi connectivity index (χ0n) is 56.9. The SMILES string of the molecule is CCN1CCN(C)CCN(CC(=O)O)CCN(CC(=O)N[C@H](CCC(=O)NCCOC)C(=O)NCCCOCCOCCOCCCNC(=O)CCCOc2cc(C)c(S(=O)(=O)NC(CNC(=O)c3cn(C)c4cc(CNc5ncc[nH]5)ccc4c3=O)C(=O)O)c(C)c2)CC1.O=C=O. The number of amides is 5. The molecule has 0 saturated carbocycles. The van der Waals surface area contributed by atoms with E-state index in [1.165, 1.54) is 39.3 Å². The summed E-state index contributed by atoms with van der Waals surface area (Å²) < 4.78 is 58.8. The van der Waals surface area contributed by atoms with Gasteiger partial charge < -0.3 is 85.1 Å². The van der Waals surface area contributed by atoms with Gasteiger partial charge in [0, 0.05) is 149 Å². The van der Waals surface area contributed by atoms with Crippen molar-refractivity contribution in [3.63, 3.8) is 0 Å². The zero-order chi connectivity index (χ0) is 71.8. The number of ether oxygens (including phenoxy) is 5. The zero-order valence-corrected chi connectivity index (χ0v) is 57.7. The molecule has 2 atom stereocenters. The fourth-order valence-electron chi connectivity index (χ4n) is 10.3. The molecule has 1 unspecified atom stereocenters. The number of carbonyl (C=O) groups is 7. The first kappa shape index (κ1) is 82.1. The van der Waals surface area contributed by atoms with E-state index in [0.717, 1.165) is 25.2 Å². The molecule has 98 heavy (non-hydrogen) atoms. The van der Waals surface area contributed by atoms with E-state index in [9.17, 15) is 57.0 Å². The molecule has 34 heteroatoms. The van der Waals surface area contributed by atoms with Crippen LogP contribution in [0.5, 0.6) is 5.75 Å². The van der Waals surface area contributed by atoms with Gasteiger partial charge >= 0.3 is 18.1 Å². The Balaban J connectivity index is 0.00000667. The van der Waals surface area contributed by atoms with Crippen molar-refractivity contribution in [2.75, 3.05) is 171 Å². The predicted molar refractivity (Wildman–Crippen MR) is 359 cm³/mol. The molecule has 5 amide bonds. The lowest BCUT2D eigenvalue weighted by Gasteiger charge is -2.32. The van der Waals surface area contributed by atoms with E-state index in [2.05, 4.69) is 63.3 Å². The highest BCUT2D eigenvalue weighted by atomic mass is 32.2. The number of aromatic nitrogens is 3. The van der Waals surface area contributed by atoms with E-state index in [-0.39, 0.29) is 96.3 Å². The van der Waals surface area contributed by atoms with Crippen molar-refractivity contribution < 1.29 is 85.5 Å². The van der Waals surface area contributed by atoms with E-state index in [1.807, 2.05) is 16.8 Å². The highest BCUT2D eigenvalue weighted by Gasteiger charge is 2.30. The Hall–Kier alpha value is -8.28. The third-order valence-corrected chi connectivity index (χ3v) is 17.3. The number of nitrogens with one attached hydrogen (secondary N) is 8. The number of rotatable bonds is 42. The second-order valence-electron chi connectivity index (χ2n) is 23.1. The van der Waals surface area contributed by atoms with Gasteiger partial charge in [-0.2, -0.15) is 14.3 Å². The number of carbonyl (C=O) groups excluding carboxylic acids is 7. The van der Waals surface area contributed by atoms with Crippen LogP contribution in [-0.2, 0) is 80.9 Å². The highest BCUT2D eigenvalue weighted by molar-refractivity contribution is 7.89. The van der Waals surface area contributed by atoms with Crippen LogP contribution in [0.3, 0.4) is 0 Å². The first-order valence-corrected chi connectivity index (χ1v) is 34.0. The number of aliphatic carboxylic acids is 2. The number of hydrogen-bond donors (Lipinski definition) is 10. The summed E-state index contributed by atoms with van der Waals surface area (Å²) in [6.07, 6.45) is 6.53. The molecule has 0 aliphatic carbocycles. The third-order valence-electron chi connectivity index (χ3n) is 15.5. The van der Waals surface area contributed by atoms with Crippen LogP contribution in [0, 0.1) is 13.8 Å². The van der Waals surface area contributed by atoms with Crippen molar-refractivity contribution in [1.82, 2.24) is 65.4 Å². The minimum atomic E-state index is -4.46. The van der Waals surface area contributed by atoms with Gasteiger partial charge in [0.2, 0.25) is 39.1 Å². The molecular formula is C64H98N14O19S. The van der Waals surface area contributed by atoms with E-state index in [1.54, 1.807) is 42.2 Å². The number of hydrogen-bond acceptors (Lipinski definition) is 23. The average molecular weight is 1400 g/mol. The first-order chi connectivity index (χ1) is 47.0. The Kier molecular flexibility index (Phi) is 38.0. The lowest BCUT2D eigenvalue weighted by molar-refractivity contribution is -0.192. The van der Waals surface area contributed by atoms with Crippen LogP contribution >= 0.6 is 0 Å². The smallest absolute Gasteiger partial charge is 0.373 e. The fraction of sp³-hybridized carbons (Fsp3) is 0.594. The molecule has 1 saturated heterocycles. The molecule has 0 bridgehead atoms. The van der Waals surface area contributed by atoms with Crippen molar-refractivity contribution in [2.45, 2.75) is 82.8 Å². The molecule has 3 heterocycles. The summed E-state index contributed by atoms with van der Waals surface area (Å²) in [4.78, 5) is 134. The van der Waals surface area contributed by atoms with Crippen molar-refractivity contribution in [1.29, 1.82) is 0 Å². The predicted octanol–water partition coefficient (Wildman–Crippen LogP) is -0.727. The Morgan fingerprint density at radius 1 is 0.704 bits per heavy atom. The normalized spacial score (nSPS) is 14.3. The third kappa shape index (κ3) is 31.1. The van der Waals surface area contributed by atoms with Crippen LogP contribution in [0.2, 0.25) is 0 Å². The van der Waals surface area contributed by atoms with Crippen LogP contribution < -0.4 is 46.8 Å². The molecule has 10 N–H and O–H groups in total. The molecule has 4 aromatic rings. The van der Waals surface area contributed by atoms with Crippen molar-refractivity contribution in [3.8, 4) is 5.75 Å². The van der Waals surface area contributed by atoms with Crippen LogP contribution in [0.4, 0.5) is 5.95 Å². The van der Waals surface area contributed by atoms with Crippen LogP contribution in [0.15, 0.2) is 58.6 Å². The summed E-state index contributed by atoms with van der Waals surface area (Å²) in [6, 6.07) is 5.34. The minimum absolute atomic E-state index is 0.000172. The quantitative estimate of drug-likeness (QED) is 0.0245. The Bertz CT molecular complexity index is 3350. The molecule has 2 aromatic heterocycles. The van der Waals surface area contributed by atoms with E-state index < -0.39 is 57.8 Å². The fourth-order valence-corrected chi connectivity index (χ4v) is 11.9. The number of aromatic amines is 1. The topological polar surface area (TPSA) is 422 Å². The van der Waals surface area contributed by atoms with Gasteiger partial charge in [0.05, 0.1) is 63.1 Å². The number of pyridine rings is 1. The number of sulfonamides is 1. The lowest BCUT2D eigenvalue weighted by Crippen LogP contribution is -2.52. The van der Waals surface area contributed by atoms with Gasteiger partial charge in [-0.1, -0.05) is 13.0 Å². The minimum Gasteiger partial charge on any atom is -0.494 e. The second-order valence-corrected chi connectivity index (χ2v) is 24.8. The van der Waals surface area contributed by atoms with Gasteiger partial charge in [0.15, 0.2) is 5.95 Å².